The van der Waals surface area contributed by atoms with Gasteiger partial charge in [0.2, 0.25) is 5.91 Å². The molecule has 0 saturated carbocycles. The summed E-state index contributed by atoms with van der Waals surface area (Å²) in [4.78, 5) is 30.1. The normalized spacial score (nSPS) is 22.1. The molecule has 0 aromatic carbocycles. The summed E-state index contributed by atoms with van der Waals surface area (Å²) in [6, 6.07) is 7.80. The highest BCUT2D eigenvalue weighted by molar-refractivity contribution is 7.13. The van der Waals surface area contributed by atoms with Crippen LogP contribution in [0.2, 0.25) is 0 Å². The summed E-state index contributed by atoms with van der Waals surface area (Å²) in [6.45, 7) is 2.64. The zero-order valence-corrected chi connectivity index (χ0v) is 15.5. The Morgan fingerprint density at radius 3 is 2.80 bits per heavy atom. The van der Waals surface area contributed by atoms with Crippen molar-refractivity contribution in [3.05, 3.63) is 45.7 Å². The molecule has 2 aromatic rings. The Labute approximate surface area is 151 Å². The predicted octanol–water partition coefficient (Wildman–Crippen LogP) is 2.08. The van der Waals surface area contributed by atoms with Gasteiger partial charge in [-0.15, -0.1) is 11.3 Å². The fourth-order valence-corrected chi connectivity index (χ4v) is 4.99. The fraction of sp³-hybridized carbons (Fsp3) is 0.474. The number of aromatic nitrogens is 1. The second kappa shape index (κ2) is 6.42. The Balaban J connectivity index is 1.72. The van der Waals surface area contributed by atoms with Crippen molar-refractivity contribution in [2.24, 2.45) is 5.92 Å². The first-order chi connectivity index (χ1) is 12.0. The molecule has 132 valence electrons. The lowest BCUT2D eigenvalue weighted by Gasteiger charge is -2.43. The molecule has 1 fully saturated rings. The van der Waals surface area contributed by atoms with Crippen molar-refractivity contribution in [3.8, 4) is 10.4 Å². The standard InChI is InChI=1S/C19H23N3O2S/c1-20(2)12-18(24)21-9-13-8-14(11-21)19-15(16-4-3-7-25-16)5-6-17(23)22(19)10-13/h3-7,13-14H,8-12H2,1-2H3/t13-,14+/m0/s1. The maximum Gasteiger partial charge on any atom is 0.250 e. The molecule has 6 heteroatoms. The van der Waals surface area contributed by atoms with Crippen molar-refractivity contribution in [2.75, 3.05) is 33.7 Å². The molecule has 2 aliphatic heterocycles. The van der Waals surface area contributed by atoms with Gasteiger partial charge in [0.25, 0.3) is 5.56 Å². The summed E-state index contributed by atoms with van der Waals surface area (Å²) in [5.41, 5.74) is 2.35. The molecule has 0 radical (unpaired) electrons. The van der Waals surface area contributed by atoms with Crippen molar-refractivity contribution in [2.45, 2.75) is 18.9 Å². The molecule has 1 amide bonds. The Bertz CT molecular complexity index is 841. The van der Waals surface area contributed by atoms with E-state index in [9.17, 15) is 9.59 Å². The third-order valence-electron chi connectivity index (χ3n) is 5.18. The molecule has 0 aliphatic carbocycles. The smallest absolute Gasteiger partial charge is 0.250 e. The van der Waals surface area contributed by atoms with E-state index in [1.54, 1.807) is 17.4 Å². The number of fused-ring (bicyclic) bond motifs is 4. The minimum absolute atomic E-state index is 0.0816. The Morgan fingerprint density at radius 1 is 1.24 bits per heavy atom. The van der Waals surface area contributed by atoms with Crippen LogP contribution in [0.15, 0.2) is 34.4 Å². The molecule has 1 saturated heterocycles. The van der Waals surface area contributed by atoms with Crippen molar-refractivity contribution < 1.29 is 4.79 Å². The minimum atomic E-state index is 0.0816. The maximum absolute atomic E-state index is 12.5. The van der Waals surface area contributed by atoms with Gasteiger partial charge < -0.3 is 14.4 Å². The third kappa shape index (κ3) is 3.04. The van der Waals surface area contributed by atoms with Gasteiger partial charge >= 0.3 is 0 Å². The zero-order valence-electron chi connectivity index (χ0n) is 14.6. The lowest BCUT2D eigenvalue weighted by Crippen LogP contribution is -2.51. The van der Waals surface area contributed by atoms with E-state index in [4.69, 9.17) is 0 Å². The van der Waals surface area contributed by atoms with E-state index in [-0.39, 0.29) is 17.4 Å². The lowest BCUT2D eigenvalue weighted by atomic mass is 9.81. The molecule has 0 unspecified atom stereocenters. The Morgan fingerprint density at radius 2 is 2.08 bits per heavy atom. The largest absolute Gasteiger partial charge is 0.341 e. The summed E-state index contributed by atoms with van der Waals surface area (Å²) < 4.78 is 1.96. The summed E-state index contributed by atoms with van der Waals surface area (Å²) in [5, 5.41) is 2.07. The lowest BCUT2D eigenvalue weighted by molar-refractivity contribution is -0.134. The van der Waals surface area contributed by atoms with Gasteiger partial charge in [0.05, 0.1) is 6.54 Å². The highest BCUT2D eigenvalue weighted by atomic mass is 32.1. The summed E-state index contributed by atoms with van der Waals surface area (Å²) in [5.74, 6) is 0.794. The summed E-state index contributed by atoms with van der Waals surface area (Å²) >= 11 is 1.70. The van der Waals surface area contributed by atoms with Crippen LogP contribution in [0, 0.1) is 5.92 Å². The molecule has 2 bridgehead atoms. The number of pyridine rings is 1. The van der Waals surface area contributed by atoms with Crippen LogP contribution in [0.5, 0.6) is 0 Å². The molecule has 2 atom stereocenters. The third-order valence-corrected chi connectivity index (χ3v) is 6.08. The van der Waals surface area contributed by atoms with Crippen LogP contribution < -0.4 is 5.56 Å². The van der Waals surface area contributed by atoms with Gasteiger partial charge in [0, 0.05) is 47.8 Å². The summed E-state index contributed by atoms with van der Waals surface area (Å²) in [6.07, 6.45) is 1.06. The predicted molar refractivity (Wildman–Crippen MR) is 100.0 cm³/mol. The molecular weight excluding hydrogens is 334 g/mol. The van der Waals surface area contributed by atoms with Gasteiger partial charge in [-0.25, -0.2) is 0 Å². The highest BCUT2D eigenvalue weighted by Gasteiger charge is 2.37. The van der Waals surface area contributed by atoms with E-state index in [0.717, 1.165) is 30.8 Å². The molecular formula is C19H23N3O2S. The molecule has 4 rings (SSSR count). The van der Waals surface area contributed by atoms with E-state index in [1.165, 1.54) is 4.88 Å². The molecule has 0 N–H and O–H groups in total. The average Bonchev–Trinajstić information content (AvgIpc) is 3.09. The van der Waals surface area contributed by atoms with Gasteiger partial charge in [0.1, 0.15) is 0 Å². The fourth-order valence-electron chi connectivity index (χ4n) is 4.23. The van der Waals surface area contributed by atoms with Gasteiger partial charge in [-0.2, -0.15) is 0 Å². The monoisotopic (exact) mass is 357 g/mol. The number of thiophene rings is 1. The number of nitrogens with zero attached hydrogens (tertiary/aromatic N) is 3. The molecule has 5 nitrogen and oxygen atoms in total. The zero-order chi connectivity index (χ0) is 17.6. The quantitative estimate of drug-likeness (QED) is 0.845. The minimum Gasteiger partial charge on any atom is -0.341 e. The molecule has 2 aromatic heterocycles. The van der Waals surface area contributed by atoms with E-state index in [1.807, 2.05) is 40.6 Å². The topological polar surface area (TPSA) is 45.6 Å². The van der Waals surface area contributed by atoms with E-state index < -0.39 is 0 Å². The molecule has 4 heterocycles. The van der Waals surface area contributed by atoms with Crippen molar-refractivity contribution in [1.82, 2.24) is 14.4 Å². The number of likely N-dealkylation sites (N-methyl/N-ethyl adjacent to an activating group) is 1. The van der Waals surface area contributed by atoms with Crippen LogP contribution in [0.1, 0.15) is 18.0 Å². The maximum atomic E-state index is 12.5. The van der Waals surface area contributed by atoms with E-state index in [0.29, 0.717) is 19.0 Å². The number of likely N-dealkylation sites (tertiary alicyclic amines) is 1. The number of hydrogen-bond acceptors (Lipinski definition) is 4. The second-order valence-corrected chi connectivity index (χ2v) is 8.34. The molecule has 2 aliphatic rings. The highest BCUT2D eigenvalue weighted by Crippen LogP contribution is 2.40. The van der Waals surface area contributed by atoms with Crippen LogP contribution in [0.4, 0.5) is 0 Å². The van der Waals surface area contributed by atoms with Gasteiger partial charge in [0.15, 0.2) is 0 Å². The van der Waals surface area contributed by atoms with Crippen molar-refractivity contribution >= 4 is 17.2 Å². The number of carbonyl (C=O) groups excluding carboxylic acids is 1. The number of hydrogen-bond donors (Lipinski definition) is 0. The number of carbonyl (C=O) groups is 1. The van der Waals surface area contributed by atoms with Crippen LogP contribution >= 0.6 is 11.3 Å². The first-order valence-electron chi connectivity index (χ1n) is 8.73. The van der Waals surface area contributed by atoms with Crippen molar-refractivity contribution in [1.29, 1.82) is 0 Å². The second-order valence-electron chi connectivity index (χ2n) is 7.39. The summed E-state index contributed by atoms with van der Waals surface area (Å²) in [7, 11) is 3.85. The van der Waals surface area contributed by atoms with E-state index >= 15 is 0 Å². The average molecular weight is 357 g/mol. The SMILES string of the molecule is CN(C)CC(=O)N1C[C@@H]2C[C@H](C1)c1c(-c3cccs3)ccc(=O)n1C2. The molecule has 0 spiro atoms. The van der Waals surface area contributed by atoms with Crippen LogP contribution in [-0.4, -0.2) is 54.0 Å². The van der Waals surface area contributed by atoms with Gasteiger partial charge in [-0.3, -0.25) is 9.59 Å². The molecule has 25 heavy (non-hydrogen) atoms. The van der Waals surface area contributed by atoms with Crippen LogP contribution in [-0.2, 0) is 11.3 Å². The number of amides is 1. The first kappa shape index (κ1) is 16.5. The number of piperidine rings is 1. The van der Waals surface area contributed by atoms with Gasteiger partial charge in [-0.05, 0) is 43.9 Å². The van der Waals surface area contributed by atoms with E-state index in [2.05, 4.69) is 11.4 Å². The van der Waals surface area contributed by atoms with Gasteiger partial charge in [-0.1, -0.05) is 6.07 Å². The van der Waals surface area contributed by atoms with Crippen LogP contribution in [0.25, 0.3) is 10.4 Å². The Kier molecular flexibility index (Phi) is 4.25. The Hall–Kier alpha value is -1.92. The van der Waals surface area contributed by atoms with Crippen molar-refractivity contribution in [3.63, 3.8) is 0 Å². The first-order valence-corrected chi connectivity index (χ1v) is 9.61. The number of rotatable bonds is 3. The van der Waals surface area contributed by atoms with Crippen LogP contribution in [0.3, 0.4) is 0 Å².